The SMILES string of the molecule is CCN(CC)CCNC(C(N)=O)c1cncn1C. The zero-order chi connectivity index (χ0) is 13.5. The van der Waals surface area contributed by atoms with Gasteiger partial charge in [0, 0.05) is 20.1 Å². The molecule has 0 spiro atoms. The number of hydrogen-bond donors (Lipinski definition) is 2. The highest BCUT2D eigenvalue weighted by Crippen LogP contribution is 2.10. The Morgan fingerprint density at radius 3 is 2.67 bits per heavy atom. The zero-order valence-corrected chi connectivity index (χ0v) is 11.4. The largest absolute Gasteiger partial charge is 0.368 e. The lowest BCUT2D eigenvalue weighted by Gasteiger charge is -2.21. The van der Waals surface area contributed by atoms with Crippen molar-refractivity contribution in [1.82, 2.24) is 19.8 Å². The summed E-state index contributed by atoms with van der Waals surface area (Å²) in [4.78, 5) is 17.8. The summed E-state index contributed by atoms with van der Waals surface area (Å²) < 4.78 is 1.81. The van der Waals surface area contributed by atoms with Gasteiger partial charge in [0.25, 0.3) is 0 Å². The van der Waals surface area contributed by atoms with Gasteiger partial charge in [-0.05, 0) is 13.1 Å². The van der Waals surface area contributed by atoms with Gasteiger partial charge in [-0.25, -0.2) is 4.98 Å². The second-order valence-electron chi connectivity index (χ2n) is 4.25. The average Bonchev–Trinajstić information content (AvgIpc) is 2.75. The third-order valence-electron chi connectivity index (χ3n) is 3.11. The summed E-state index contributed by atoms with van der Waals surface area (Å²) in [6.45, 7) is 7.87. The smallest absolute Gasteiger partial charge is 0.240 e. The first-order valence-corrected chi connectivity index (χ1v) is 6.31. The lowest BCUT2D eigenvalue weighted by atomic mass is 10.2. The average molecular weight is 253 g/mol. The first kappa shape index (κ1) is 14.7. The number of nitrogens with one attached hydrogen (secondary N) is 1. The molecule has 0 bridgehead atoms. The van der Waals surface area contributed by atoms with Crippen LogP contribution in [0.4, 0.5) is 0 Å². The maximum Gasteiger partial charge on any atom is 0.240 e. The summed E-state index contributed by atoms with van der Waals surface area (Å²) in [5.41, 5.74) is 6.22. The van der Waals surface area contributed by atoms with Gasteiger partial charge in [-0.3, -0.25) is 10.1 Å². The Kier molecular flexibility index (Phi) is 5.80. The van der Waals surface area contributed by atoms with Gasteiger partial charge in [0.05, 0.1) is 18.2 Å². The molecule has 0 aliphatic heterocycles. The highest BCUT2D eigenvalue weighted by Gasteiger charge is 2.19. The summed E-state index contributed by atoms with van der Waals surface area (Å²) in [6, 6.07) is -0.479. The molecule has 0 saturated heterocycles. The van der Waals surface area contributed by atoms with Gasteiger partial charge >= 0.3 is 0 Å². The van der Waals surface area contributed by atoms with Crippen LogP contribution in [0.25, 0.3) is 0 Å². The molecule has 1 atom stereocenters. The van der Waals surface area contributed by atoms with Crippen molar-refractivity contribution >= 4 is 5.91 Å². The molecule has 18 heavy (non-hydrogen) atoms. The van der Waals surface area contributed by atoms with Gasteiger partial charge in [0.15, 0.2) is 0 Å². The Morgan fingerprint density at radius 1 is 1.56 bits per heavy atom. The summed E-state index contributed by atoms with van der Waals surface area (Å²) in [6.07, 6.45) is 3.33. The van der Waals surface area contributed by atoms with E-state index < -0.39 is 6.04 Å². The summed E-state index contributed by atoms with van der Waals surface area (Å²) in [5, 5.41) is 3.18. The molecule has 6 nitrogen and oxygen atoms in total. The van der Waals surface area contributed by atoms with Gasteiger partial charge in [-0.2, -0.15) is 0 Å². The highest BCUT2D eigenvalue weighted by molar-refractivity contribution is 5.80. The molecule has 0 fully saturated rings. The number of imidazole rings is 1. The molecule has 1 unspecified atom stereocenters. The first-order chi connectivity index (χ1) is 8.60. The number of rotatable bonds is 8. The van der Waals surface area contributed by atoms with Crippen LogP contribution in [-0.2, 0) is 11.8 Å². The predicted molar refractivity (Wildman–Crippen MR) is 70.9 cm³/mol. The number of carbonyl (C=O) groups excluding carboxylic acids is 1. The quantitative estimate of drug-likeness (QED) is 0.677. The number of hydrogen-bond acceptors (Lipinski definition) is 4. The Morgan fingerprint density at radius 2 is 2.22 bits per heavy atom. The fourth-order valence-corrected chi connectivity index (χ4v) is 1.90. The van der Waals surface area contributed by atoms with E-state index in [2.05, 4.69) is 29.0 Å². The lowest BCUT2D eigenvalue weighted by molar-refractivity contribution is -0.120. The first-order valence-electron chi connectivity index (χ1n) is 6.31. The van der Waals surface area contributed by atoms with E-state index in [1.807, 2.05) is 7.05 Å². The molecule has 1 amide bonds. The van der Waals surface area contributed by atoms with E-state index in [0.29, 0.717) is 0 Å². The number of aryl methyl sites for hydroxylation is 1. The molecular formula is C12H23N5O. The Hall–Kier alpha value is -1.40. The molecule has 1 heterocycles. The number of carbonyl (C=O) groups is 1. The number of amides is 1. The molecule has 0 saturated carbocycles. The van der Waals surface area contributed by atoms with E-state index in [-0.39, 0.29) is 5.91 Å². The molecule has 0 radical (unpaired) electrons. The topological polar surface area (TPSA) is 76.2 Å². The molecule has 6 heteroatoms. The van der Waals surface area contributed by atoms with E-state index in [4.69, 9.17) is 5.73 Å². The van der Waals surface area contributed by atoms with Crippen LogP contribution < -0.4 is 11.1 Å². The highest BCUT2D eigenvalue weighted by atomic mass is 16.1. The van der Waals surface area contributed by atoms with Crippen molar-refractivity contribution in [3.63, 3.8) is 0 Å². The second-order valence-corrected chi connectivity index (χ2v) is 4.25. The van der Waals surface area contributed by atoms with Crippen LogP contribution in [0.15, 0.2) is 12.5 Å². The minimum atomic E-state index is -0.479. The van der Waals surface area contributed by atoms with Crippen molar-refractivity contribution in [2.75, 3.05) is 26.2 Å². The van der Waals surface area contributed by atoms with Gasteiger partial charge in [-0.1, -0.05) is 13.8 Å². The third kappa shape index (κ3) is 3.82. The molecule has 0 aliphatic carbocycles. The number of nitrogens with zero attached hydrogens (tertiary/aromatic N) is 3. The minimum Gasteiger partial charge on any atom is -0.368 e. The third-order valence-corrected chi connectivity index (χ3v) is 3.11. The molecule has 0 aromatic carbocycles. The van der Waals surface area contributed by atoms with E-state index in [0.717, 1.165) is 31.9 Å². The molecular weight excluding hydrogens is 230 g/mol. The van der Waals surface area contributed by atoms with Crippen molar-refractivity contribution in [2.45, 2.75) is 19.9 Å². The lowest BCUT2D eigenvalue weighted by Crippen LogP contribution is -2.39. The van der Waals surface area contributed by atoms with Crippen LogP contribution in [0, 0.1) is 0 Å². The summed E-state index contributed by atoms with van der Waals surface area (Å²) in [5.74, 6) is -0.377. The maximum atomic E-state index is 11.5. The van der Waals surface area contributed by atoms with Gasteiger partial charge in [0.2, 0.25) is 5.91 Å². The van der Waals surface area contributed by atoms with E-state index in [9.17, 15) is 4.79 Å². The van der Waals surface area contributed by atoms with Crippen molar-refractivity contribution in [1.29, 1.82) is 0 Å². The molecule has 1 rings (SSSR count). The van der Waals surface area contributed by atoms with Crippen LogP contribution in [0.2, 0.25) is 0 Å². The van der Waals surface area contributed by atoms with Crippen molar-refractivity contribution < 1.29 is 4.79 Å². The molecule has 0 aliphatic rings. The molecule has 3 N–H and O–H groups in total. The molecule has 1 aromatic heterocycles. The standard InChI is InChI=1S/C12H23N5O/c1-4-17(5-2)7-6-15-11(12(13)18)10-8-14-9-16(10)3/h8-9,11,15H,4-7H2,1-3H3,(H2,13,18). The Balaban J connectivity index is 2.55. The number of aromatic nitrogens is 2. The van der Waals surface area contributed by atoms with E-state index in [1.165, 1.54) is 0 Å². The minimum absolute atomic E-state index is 0.377. The van der Waals surface area contributed by atoms with Crippen LogP contribution in [0.1, 0.15) is 25.6 Å². The zero-order valence-electron chi connectivity index (χ0n) is 11.4. The van der Waals surface area contributed by atoms with Crippen molar-refractivity contribution in [3.05, 3.63) is 18.2 Å². The monoisotopic (exact) mass is 253 g/mol. The fourth-order valence-electron chi connectivity index (χ4n) is 1.90. The van der Waals surface area contributed by atoms with Gasteiger partial charge in [0.1, 0.15) is 6.04 Å². The maximum absolute atomic E-state index is 11.5. The summed E-state index contributed by atoms with van der Waals surface area (Å²) in [7, 11) is 1.85. The molecule has 1 aromatic rings. The van der Waals surface area contributed by atoms with Crippen molar-refractivity contribution in [2.24, 2.45) is 12.8 Å². The Labute approximate surface area is 108 Å². The second kappa shape index (κ2) is 7.13. The van der Waals surface area contributed by atoms with Gasteiger partial charge in [-0.15, -0.1) is 0 Å². The fraction of sp³-hybridized carbons (Fsp3) is 0.667. The summed E-state index contributed by atoms with van der Waals surface area (Å²) >= 11 is 0. The number of likely N-dealkylation sites (N-methyl/N-ethyl adjacent to an activating group) is 1. The van der Waals surface area contributed by atoms with E-state index in [1.54, 1.807) is 17.1 Å². The van der Waals surface area contributed by atoms with Crippen LogP contribution in [0.3, 0.4) is 0 Å². The Bertz CT molecular complexity index is 372. The van der Waals surface area contributed by atoms with Crippen LogP contribution in [-0.4, -0.2) is 46.5 Å². The molecule has 102 valence electrons. The van der Waals surface area contributed by atoms with Crippen molar-refractivity contribution in [3.8, 4) is 0 Å². The van der Waals surface area contributed by atoms with Crippen LogP contribution >= 0.6 is 0 Å². The normalized spacial score (nSPS) is 12.9. The van der Waals surface area contributed by atoms with Crippen LogP contribution in [0.5, 0.6) is 0 Å². The van der Waals surface area contributed by atoms with E-state index >= 15 is 0 Å². The predicted octanol–water partition coefficient (Wildman–Crippen LogP) is -0.122. The number of nitrogens with two attached hydrogens (primary N) is 1. The van der Waals surface area contributed by atoms with Gasteiger partial charge < -0.3 is 15.2 Å². The number of primary amides is 1.